The van der Waals surface area contributed by atoms with Crippen molar-refractivity contribution in [3.8, 4) is 5.75 Å². The molecule has 0 radical (unpaired) electrons. The molecular weight excluding hydrogens is 506 g/mol. The Hall–Kier alpha value is -3.28. The van der Waals surface area contributed by atoms with Gasteiger partial charge in [-0.3, -0.25) is 4.79 Å². The highest BCUT2D eigenvalue weighted by Gasteiger charge is 2.24. The molecule has 206 valence electrons. The molecule has 0 bridgehead atoms. The molecule has 2 N–H and O–H groups in total. The van der Waals surface area contributed by atoms with E-state index in [4.69, 9.17) is 0 Å². The van der Waals surface area contributed by atoms with Crippen LogP contribution in [0.3, 0.4) is 0 Å². The molecule has 1 fully saturated rings. The zero-order valence-electron chi connectivity index (χ0n) is 23.0. The molecule has 6 heteroatoms. The number of aromatic hydroxyl groups is 1. The quantitative estimate of drug-likeness (QED) is 0.234. The van der Waals surface area contributed by atoms with Gasteiger partial charge in [0, 0.05) is 41.7 Å². The van der Waals surface area contributed by atoms with E-state index in [0.29, 0.717) is 24.8 Å². The van der Waals surface area contributed by atoms with Gasteiger partial charge >= 0.3 is 0 Å². The van der Waals surface area contributed by atoms with Crippen molar-refractivity contribution in [3.05, 3.63) is 101 Å². The number of carbonyl (C=O) groups is 1. The number of likely N-dealkylation sites (tertiary alicyclic amines) is 1. The molecule has 0 saturated carbocycles. The summed E-state index contributed by atoms with van der Waals surface area (Å²) >= 11 is 0. The molecule has 5 nitrogen and oxygen atoms in total. The highest BCUT2D eigenvalue weighted by molar-refractivity contribution is 5.94. The maximum atomic E-state index is 12.8. The summed E-state index contributed by atoms with van der Waals surface area (Å²) in [7, 11) is 0. The van der Waals surface area contributed by atoms with Crippen molar-refractivity contribution in [2.24, 2.45) is 0 Å². The van der Waals surface area contributed by atoms with Gasteiger partial charge in [0.15, 0.2) is 0 Å². The molecule has 1 aliphatic heterocycles. The average Bonchev–Trinajstić information content (AvgIpc) is 3.39. The number of phenols is 1. The van der Waals surface area contributed by atoms with E-state index in [2.05, 4.69) is 58.5 Å². The van der Waals surface area contributed by atoms with Gasteiger partial charge in [-0.15, -0.1) is 12.4 Å². The minimum Gasteiger partial charge on any atom is -0.508 e. The Morgan fingerprint density at radius 1 is 0.974 bits per heavy atom. The number of benzene rings is 3. The van der Waals surface area contributed by atoms with Gasteiger partial charge < -0.3 is 19.9 Å². The first-order chi connectivity index (χ1) is 18.6. The lowest BCUT2D eigenvalue weighted by Gasteiger charge is -2.33. The summed E-state index contributed by atoms with van der Waals surface area (Å²) in [6.45, 7) is 8.62. The number of piperidine rings is 1. The molecule has 4 aromatic rings. The number of phenolic OH excluding ortho intramolecular Hbond substituents is 1. The highest BCUT2D eigenvalue weighted by Crippen LogP contribution is 2.35. The normalized spacial score (nSPS) is 15.1. The molecule has 1 amide bonds. The number of hydrogen-bond donors (Lipinski definition) is 2. The molecule has 5 rings (SSSR count). The van der Waals surface area contributed by atoms with E-state index in [0.717, 1.165) is 37.2 Å². The number of fused-ring (bicyclic) bond motifs is 1. The Morgan fingerprint density at radius 3 is 2.38 bits per heavy atom. The van der Waals surface area contributed by atoms with Gasteiger partial charge in [-0.25, -0.2) is 0 Å². The molecule has 3 aromatic carbocycles. The molecule has 1 aromatic heterocycles. The van der Waals surface area contributed by atoms with Crippen molar-refractivity contribution in [2.45, 2.75) is 44.9 Å². The SMILES string of the molecule is CCN(CC)C(=O)c1ccc(C(CCN2CCC(c3c[nH]c4ccccc34)CC2)c2cccc(O)c2)cc1.Cl. The predicted molar refractivity (Wildman–Crippen MR) is 162 cm³/mol. The van der Waals surface area contributed by atoms with Crippen LogP contribution >= 0.6 is 12.4 Å². The van der Waals surface area contributed by atoms with Gasteiger partial charge in [-0.1, -0.05) is 42.5 Å². The van der Waals surface area contributed by atoms with Crippen LogP contribution in [-0.2, 0) is 0 Å². The maximum absolute atomic E-state index is 12.8. The molecule has 39 heavy (non-hydrogen) atoms. The molecule has 1 unspecified atom stereocenters. The van der Waals surface area contributed by atoms with E-state index in [1.807, 2.05) is 43.0 Å². The number of nitrogens with zero attached hydrogens (tertiary/aromatic N) is 2. The fourth-order valence-electron chi connectivity index (χ4n) is 6.03. The lowest BCUT2D eigenvalue weighted by atomic mass is 9.86. The minimum absolute atomic E-state index is 0. The summed E-state index contributed by atoms with van der Waals surface area (Å²) < 4.78 is 0. The number of para-hydroxylation sites is 1. The van der Waals surface area contributed by atoms with Crippen LogP contribution in [-0.4, -0.2) is 58.5 Å². The van der Waals surface area contributed by atoms with Gasteiger partial charge in [-0.2, -0.15) is 0 Å². The Bertz CT molecular complexity index is 1350. The first kappa shape index (κ1) is 28.7. The van der Waals surface area contributed by atoms with E-state index in [1.54, 1.807) is 6.07 Å². The molecule has 2 heterocycles. The minimum atomic E-state index is 0. The van der Waals surface area contributed by atoms with Crippen LogP contribution in [0.2, 0.25) is 0 Å². The van der Waals surface area contributed by atoms with Crippen LogP contribution in [0.5, 0.6) is 5.75 Å². The zero-order valence-corrected chi connectivity index (χ0v) is 23.8. The number of rotatable bonds is 9. The number of hydrogen-bond acceptors (Lipinski definition) is 3. The lowest BCUT2D eigenvalue weighted by Crippen LogP contribution is -2.34. The van der Waals surface area contributed by atoms with E-state index < -0.39 is 0 Å². The van der Waals surface area contributed by atoms with Crippen LogP contribution in [0.15, 0.2) is 79.0 Å². The molecule has 0 spiro atoms. The first-order valence-corrected chi connectivity index (χ1v) is 14.0. The molecule has 1 atom stereocenters. The molecular formula is C33H40ClN3O2. The average molecular weight is 546 g/mol. The van der Waals surface area contributed by atoms with Crippen LogP contribution < -0.4 is 0 Å². The lowest BCUT2D eigenvalue weighted by molar-refractivity contribution is 0.0773. The van der Waals surface area contributed by atoms with E-state index in [-0.39, 0.29) is 24.2 Å². The summed E-state index contributed by atoms with van der Waals surface area (Å²) in [5, 5.41) is 11.5. The number of aromatic amines is 1. The summed E-state index contributed by atoms with van der Waals surface area (Å²) in [5.74, 6) is 1.13. The second-order valence-electron chi connectivity index (χ2n) is 10.4. The first-order valence-electron chi connectivity index (χ1n) is 14.0. The third kappa shape index (κ3) is 6.48. The maximum Gasteiger partial charge on any atom is 0.253 e. The molecule has 1 aliphatic rings. The summed E-state index contributed by atoms with van der Waals surface area (Å²) in [4.78, 5) is 20.7. The number of amides is 1. The van der Waals surface area contributed by atoms with Crippen LogP contribution in [0, 0.1) is 0 Å². The number of halogens is 1. The van der Waals surface area contributed by atoms with Crippen molar-refractivity contribution in [1.82, 2.24) is 14.8 Å². The number of aromatic nitrogens is 1. The molecule has 0 aliphatic carbocycles. The van der Waals surface area contributed by atoms with Crippen molar-refractivity contribution < 1.29 is 9.90 Å². The predicted octanol–water partition coefficient (Wildman–Crippen LogP) is 7.18. The van der Waals surface area contributed by atoms with Crippen molar-refractivity contribution in [2.75, 3.05) is 32.7 Å². The fraction of sp³-hybridized carbons (Fsp3) is 0.364. The van der Waals surface area contributed by atoms with Gasteiger partial charge in [0.2, 0.25) is 0 Å². The molecule has 1 saturated heterocycles. The van der Waals surface area contributed by atoms with Crippen LogP contribution in [0.4, 0.5) is 0 Å². The Labute approximate surface area is 238 Å². The van der Waals surface area contributed by atoms with Gasteiger partial charge in [0.1, 0.15) is 5.75 Å². The summed E-state index contributed by atoms with van der Waals surface area (Å²) in [6.07, 6.45) is 5.50. The number of carbonyl (C=O) groups excluding carboxylic acids is 1. The number of H-pyrrole nitrogens is 1. The Morgan fingerprint density at radius 2 is 1.69 bits per heavy atom. The largest absolute Gasteiger partial charge is 0.508 e. The summed E-state index contributed by atoms with van der Waals surface area (Å²) in [6, 6.07) is 24.3. The van der Waals surface area contributed by atoms with E-state index in [9.17, 15) is 9.90 Å². The van der Waals surface area contributed by atoms with Crippen molar-refractivity contribution >= 4 is 29.2 Å². The Balaban J connectivity index is 0.00000353. The smallest absolute Gasteiger partial charge is 0.253 e. The van der Waals surface area contributed by atoms with Gasteiger partial charge in [0.25, 0.3) is 5.91 Å². The second kappa shape index (κ2) is 13.2. The van der Waals surface area contributed by atoms with E-state index >= 15 is 0 Å². The van der Waals surface area contributed by atoms with Crippen molar-refractivity contribution in [1.29, 1.82) is 0 Å². The van der Waals surface area contributed by atoms with Gasteiger partial charge in [0.05, 0.1) is 0 Å². The monoisotopic (exact) mass is 545 g/mol. The van der Waals surface area contributed by atoms with Crippen LogP contribution in [0.1, 0.15) is 72.0 Å². The third-order valence-electron chi connectivity index (χ3n) is 8.27. The van der Waals surface area contributed by atoms with E-state index in [1.165, 1.54) is 34.9 Å². The van der Waals surface area contributed by atoms with Gasteiger partial charge in [-0.05, 0) is 106 Å². The Kier molecular flexibility index (Phi) is 9.71. The second-order valence-corrected chi connectivity index (χ2v) is 10.4. The third-order valence-corrected chi connectivity index (χ3v) is 8.27. The topological polar surface area (TPSA) is 59.6 Å². The summed E-state index contributed by atoms with van der Waals surface area (Å²) in [5.41, 5.74) is 5.70. The van der Waals surface area contributed by atoms with Crippen molar-refractivity contribution in [3.63, 3.8) is 0 Å². The fourth-order valence-corrected chi connectivity index (χ4v) is 6.03. The highest BCUT2D eigenvalue weighted by atomic mass is 35.5. The standard InChI is InChI=1S/C33H39N3O2.ClH/c1-3-36(4-2)33(38)26-14-12-24(13-15-26)29(27-8-7-9-28(37)22-27)18-21-35-19-16-25(17-20-35)31-23-34-32-11-6-5-10-30(31)32;/h5-15,22-23,25,29,34,37H,3-4,16-21H2,1-2H3;1H. The van der Waals surface area contributed by atoms with Crippen LogP contribution in [0.25, 0.3) is 10.9 Å². The number of nitrogens with one attached hydrogen (secondary N) is 1. The zero-order chi connectivity index (χ0) is 26.5.